The zero-order chi connectivity index (χ0) is 92.9. The molecule has 0 heterocycles. The summed E-state index contributed by atoms with van der Waals surface area (Å²) in [5, 5.41) is 0. The lowest BCUT2D eigenvalue weighted by molar-refractivity contribution is -0.597. The number of benzene rings is 14. The molecule has 0 atom stereocenters. The Bertz CT molecular complexity index is 4950. The van der Waals surface area contributed by atoms with E-state index in [1.54, 1.807) is 28.4 Å². The Morgan fingerprint density at radius 1 is 0.209 bits per heavy atom. The maximum absolute atomic E-state index is 5.57. The van der Waals surface area contributed by atoms with Gasteiger partial charge in [-0.1, -0.05) is 242 Å². The van der Waals surface area contributed by atoms with Crippen molar-refractivity contribution in [3.63, 3.8) is 0 Å². The molecular formula is C116H134I7O6+7. The minimum Gasteiger partial charge on any atom is -0.497 e. The van der Waals surface area contributed by atoms with Crippen LogP contribution in [0.1, 0.15) is 154 Å². The first-order valence-corrected chi connectivity index (χ1v) is 59.3. The van der Waals surface area contributed by atoms with Gasteiger partial charge in [0.05, 0.1) is 27.4 Å². The van der Waals surface area contributed by atoms with Gasteiger partial charge >= 0.3 is 148 Å². The van der Waals surface area contributed by atoms with Crippen molar-refractivity contribution in [3.8, 4) is 23.0 Å². The van der Waals surface area contributed by atoms with Crippen LogP contribution in [-0.4, -0.2) is 54.9 Å². The van der Waals surface area contributed by atoms with Crippen molar-refractivity contribution in [2.75, 3.05) is 54.9 Å². The molecule has 0 amide bonds. The largest absolute Gasteiger partial charge is 0.497 e. The van der Waals surface area contributed by atoms with Crippen LogP contribution in [0.3, 0.4) is 0 Å². The topological polar surface area (TPSA) is 55.4 Å². The summed E-state index contributed by atoms with van der Waals surface area (Å²) in [7, 11) is 6.72. The maximum atomic E-state index is 5.57. The van der Waals surface area contributed by atoms with Crippen LogP contribution in [0.25, 0.3) is 0 Å². The summed E-state index contributed by atoms with van der Waals surface area (Å²) >= 11 is -0.435. The molecule has 14 aromatic carbocycles. The molecule has 0 bridgehead atoms. The van der Waals surface area contributed by atoms with E-state index in [4.69, 9.17) is 28.4 Å². The number of hydrogen-bond acceptors (Lipinski definition) is 6. The molecule has 13 heteroatoms. The van der Waals surface area contributed by atoms with Crippen molar-refractivity contribution < 1.29 is 177 Å². The fraction of sp³-hybridized carbons (Fsp3) is 0.276. The van der Waals surface area contributed by atoms with Gasteiger partial charge in [-0.2, -0.15) is 0 Å². The Morgan fingerprint density at radius 2 is 0.403 bits per heavy atom. The van der Waals surface area contributed by atoms with Crippen molar-refractivity contribution in [1.82, 2.24) is 0 Å². The number of methoxy groups -OCH3 is 4. The van der Waals surface area contributed by atoms with Crippen LogP contribution in [0.4, 0.5) is 0 Å². The van der Waals surface area contributed by atoms with E-state index in [1.165, 1.54) is 107 Å². The number of ether oxygens (including phenoxy) is 6. The standard InChI is InChI=1S/C22H30I.C20H26I.C18H22IO4.C16H18I.C14H14IO2.C14H14I.C12H10I/c1-7-21(3,4)17-9-13-19(14-10-17)23-20-15-11-18(12-16-20)22(5,6)8-2;1-19(2,3)15-7-11-17(12-8-15)21-18-13-9-16(10-14-18)20(4,5)6;1-20-11-13-22-17-7-3-15(4-8-17)19-16-5-9-18(10-6-16)23-14-12-21-2;1-3-13-5-9-15(10-6-13)17-16-11-7-14(4-2)8-12-16;1-16-13-7-3-11(4-8-13)15-12-5-9-14(17-2)10-6-12;1-11-3-7-13(8-4-11)15-14-9-5-12(2)6-10-14;1-3-7-11(8-4-1)13-12-9-5-2-6-10-12/h9-16H,7-8H2,1-6H3;7-14H,1-6H3;3-10H,11-14H2,1-2H3;5-12H,3-4H2,1-2H3;3-10H,1-2H3;3-10H,1-2H3;1-10H/q7*+1. The number of hydrogen-bond donors (Lipinski definition) is 0. The van der Waals surface area contributed by atoms with Crippen molar-refractivity contribution >= 4 is 0 Å². The number of aryl methyl sites for hydroxylation is 4. The monoisotopic (exact) mass is 2510 g/mol. The molecule has 0 saturated carbocycles. The normalized spacial score (nSPS) is 11.0. The third-order valence-corrected chi connectivity index (χ3v) is 39.7. The average molecular weight is 2510 g/mol. The molecule has 676 valence electrons. The quantitative estimate of drug-likeness (QED) is 0.0380. The molecule has 0 saturated heterocycles. The van der Waals surface area contributed by atoms with Gasteiger partial charge in [-0.3, -0.25) is 0 Å². The summed E-state index contributed by atoms with van der Waals surface area (Å²) in [4.78, 5) is 0. The Labute approximate surface area is 848 Å². The smallest absolute Gasteiger partial charge is 0.357 e. The Kier molecular flexibility index (Phi) is 48.2. The highest BCUT2D eigenvalue weighted by molar-refractivity contribution is 5.29. The van der Waals surface area contributed by atoms with Gasteiger partial charge in [0.1, 0.15) is 36.2 Å². The first kappa shape index (κ1) is 108. The zero-order valence-corrected chi connectivity index (χ0v) is 94.3. The van der Waals surface area contributed by atoms with E-state index >= 15 is 0 Å². The van der Waals surface area contributed by atoms with Crippen molar-refractivity contribution in [3.05, 3.63) is 446 Å². The highest BCUT2D eigenvalue weighted by Gasteiger charge is 2.26. The van der Waals surface area contributed by atoms with E-state index in [0.29, 0.717) is 26.4 Å². The van der Waals surface area contributed by atoms with Crippen LogP contribution >= 0.6 is 0 Å². The molecule has 0 aliphatic heterocycles. The molecular weight excluding hydrogens is 2380 g/mol. The van der Waals surface area contributed by atoms with Crippen molar-refractivity contribution in [1.29, 1.82) is 0 Å². The van der Waals surface area contributed by atoms with E-state index < -0.39 is 0 Å². The first-order chi connectivity index (χ1) is 62.1. The zero-order valence-electron chi connectivity index (χ0n) is 79.2. The molecule has 6 nitrogen and oxygen atoms in total. The fourth-order valence-electron chi connectivity index (χ4n) is 11.9. The predicted molar refractivity (Wildman–Crippen MR) is 512 cm³/mol. The minimum absolute atomic E-state index is 0.00313. The second kappa shape index (κ2) is 57.8. The SMILES string of the molecule is CC(C)(C)c1ccc([I+]c2ccc(C(C)(C)C)cc2)cc1.CCC(C)(C)c1ccc([I+]c2ccc(C(C)(C)CC)cc2)cc1.CCc1ccc([I+]c2ccc(CC)cc2)cc1.COCCOc1ccc([I+]c2ccc(OCCOC)cc2)cc1.COc1ccc([I+]c2ccc(OC)cc2)cc1.Cc1ccc([I+]c2ccc(C)cc2)cc1.c1ccc([I+]c2ccccc2)cc1. The Morgan fingerprint density at radius 3 is 0.605 bits per heavy atom. The van der Waals surface area contributed by atoms with Gasteiger partial charge in [-0.05, 0) is 313 Å². The summed E-state index contributed by atoms with van der Waals surface area (Å²) in [6.45, 7) is 38.5. The van der Waals surface area contributed by atoms with Gasteiger partial charge in [-0.15, -0.1) is 0 Å². The molecule has 0 radical (unpaired) electrons. The summed E-state index contributed by atoms with van der Waals surface area (Å²) in [5.41, 5.74) is 12.3. The minimum atomic E-state index is -0.191. The van der Waals surface area contributed by atoms with Crippen molar-refractivity contribution in [2.45, 2.75) is 158 Å². The first-order valence-electron chi connectivity index (χ1n) is 44.2. The van der Waals surface area contributed by atoms with Crippen LogP contribution in [0.2, 0.25) is 0 Å². The lowest BCUT2D eigenvalue weighted by Gasteiger charge is -2.23. The van der Waals surface area contributed by atoms with Crippen molar-refractivity contribution in [2.24, 2.45) is 0 Å². The predicted octanol–water partition coefficient (Wildman–Crippen LogP) is 6.48. The molecule has 0 N–H and O–H groups in total. The van der Waals surface area contributed by atoms with E-state index in [2.05, 4.69) is 414 Å². The van der Waals surface area contributed by atoms with Crippen LogP contribution < -0.4 is 167 Å². The van der Waals surface area contributed by atoms with E-state index in [9.17, 15) is 0 Å². The third kappa shape index (κ3) is 41.0. The van der Waals surface area contributed by atoms with Gasteiger partial charge in [-0.25, -0.2) is 0 Å². The Hall–Kier alpha value is -6.69. The lowest BCUT2D eigenvalue weighted by Crippen LogP contribution is -3.61. The molecule has 0 aromatic heterocycles. The fourth-order valence-corrected chi connectivity index (χ4v) is 27.1. The number of halogens is 7. The Balaban J connectivity index is 0.000000187. The van der Waals surface area contributed by atoms with Gasteiger partial charge in [0.15, 0.2) is 50.0 Å². The molecule has 0 aliphatic rings. The second-order valence-electron chi connectivity index (χ2n) is 33.7. The highest BCUT2D eigenvalue weighted by atomic mass is 127. The van der Waals surface area contributed by atoms with Gasteiger partial charge in [0.25, 0.3) is 0 Å². The van der Waals surface area contributed by atoms with Gasteiger partial charge < -0.3 is 28.4 Å². The van der Waals surface area contributed by atoms with E-state index in [0.717, 1.165) is 35.8 Å². The third-order valence-electron chi connectivity index (χ3n) is 20.9. The molecule has 0 spiro atoms. The van der Waals surface area contributed by atoms with Crippen LogP contribution in [-0.2, 0) is 44.0 Å². The van der Waals surface area contributed by atoms with E-state index in [-0.39, 0.29) is 170 Å². The molecule has 129 heavy (non-hydrogen) atoms. The summed E-state index contributed by atoms with van der Waals surface area (Å²) in [6, 6.07) is 128. The second-order valence-corrected chi connectivity index (χ2v) is 54.9. The summed E-state index contributed by atoms with van der Waals surface area (Å²) in [6.07, 6.45) is 4.61. The van der Waals surface area contributed by atoms with Crippen LogP contribution in [0, 0.1) is 63.8 Å². The number of rotatable bonds is 30. The molecule has 14 aromatic rings. The average Bonchev–Trinajstić information content (AvgIpc) is 0.841. The molecule has 0 unspecified atom stereocenters. The molecule has 14 rings (SSSR count). The van der Waals surface area contributed by atoms with E-state index in [1.807, 2.05) is 48.5 Å². The van der Waals surface area contributed by atoms with Gasteiger partial charge in [0, 0.05) is 14.2 Å². The van der Waals surface area contributed by atoms with Crippen LogP contribution in [0.5, 0.6) is 23.0 Å². The molecule has 0 fully saturated rings. The summed E-state index contributed by atoms with van der Waals surface area (Å²) in [5.74, 6) is 3.59. The maximum Gasteiger partial charge on any atom is 0.357 e. The highest BCUT2D eigenvalue weighted by Crippen LogP contribution is 2.28. The van der Waals surface area contributed by atoms with Gasteiger partial charge in [0.2, 0.25) is 0 Å². The lowest BCUT2D eigenvalue weighted by atomic mass is 9.82. The summed E-state index contributed by atoms with van der Waals surface area (Å²) < 4.78 is 51.8. The van der Waals surface area contributed by atoms with Crippen LogP contribution in [0.15, 0.2) is 352 Å². The molecule has 0 aliphatic carbocycles.